The summed E-state index contributed by atoms with van der Waals surface area (Å²) in [7, 11) is 1.73. The van der Waals surface area contributed by atoms with E-state index in [0.717, 1.165) is 26.3 Å². The molecule has 0 saturated carbocycles. The molecule has 9 heteroatoms. The number of alkyl carbamates (subject to hydrolysis) is 1. The van der Waals surface area contributed by atoms with Gasteiger partial charge in [0.05, 0.1) is 18.8 Å². The van der Waals surface area contributed by atoms with Gasteiger partial charge in [-0.1, -0.05) is 18.2 Å². The summed E-state index contributed by atoms with van der Waals surface area (Å²) in [5.41, 5.74) is 1.38. The number of nitrogens with zero attached hydrogens (tertiary/aromatic N) is 2. The molecule has 0 atom stereocenters. The third-order valence-corrected chi connectivity index (χ3v) is 4.55. The fourth-order valence-corrected chi connectivity index (χ4v) is 3.10. The van der Waals surface area contributed by atoms with E-state index < -0.39 is 17.2 Å². The van der Waals surface area contributed by atoms with E-state index in [1.165, 1.54) is 11.3 Å². The Hall–Kier alpha value is -1.75. The first kappa shape index (κ1) is 27.3. The lowest BCUT2D eigenvalue weighted by molar-refractivity contribution is 0.0474. The maximum atomic E-state index is 12.1. The summed E-state index contributed by atoms with van der Waals surface area (Å²) in [6, 6.07) is 8.38. The third kappa shape index (κ3) is 9.94. The van der Waals surface area contributed by atoms with Crippen LogP contribution in [0.5, 0.6) is 0 Å². The Morgan fingerprint density at radius 3 is 2.39 bits per heavy atom. The molecule has 1 aliphatic rings. The first-order chi connectivity index (χ1) is 14.1. The fourth-order valence-electron chi connectivity index (χ4n) is 3.10. The summed E-state index contributed by atoms with van der Waals surface area (Å²) in [6.45, 7) is 13.9. The average molecular weight is 547 g/mol. The second-order valence-electron chi connectivity index (χ2n) is 9.02. The van der Waals surface area contributed by atoms with E-state index >= 15 is 0 Å². The molecule has 3 N–H and O–H groups in total. The van der Waals surface area contributed by atoms with Gasteiger partial charge in [-0.3, -0.25) is 4.99 Å². The monoisotopic (exact) mass is 547 g/mol. The Labute approximate surface area is 203 Å². The van der Waals surface area contributed by atoms with E-state index in [4.69, 9.17) is 9.47 Å². The van der Waals surface area contributed by atoms with Gasteiger partial charge in [0.1, 0.15) is 5.60 Å². The zero-order valence-corrected chi connectivity index (χ0v) is 21.9. The minimum absolute atomic E-state index is 0. The number of aliphatic imine (C=N–C) groups is 1. The number of halogens is 1. The molecule has 31 heavy (non-hydrogen) atoms. The smallest absolute Gasteiger partial charge is 0.408 e. The number of rotatable bonds is 6. The summed E-state index contributed by atoms with van der Waals surface area (Å²) < 4.78 is 10.8. The van der Waals surface area contributed by atoms with Crippen LogP contribution in [-0.2, 0) is 16.0 Å². The van der Waals surface area contributed by atoms with Gasteiger partial charge >= 0.3 is 6.09 Å². The summed E-state index contributed by atoms with van der Waals surface area (Å²) in [5, 5.41) is 9.54. The van der Waals surface area contributed by atoms with Crippen molar-refractivity contribution in [1.82, 2.24) is 16.0 Å². The number of ether oxygens (including phenoxy) is 2. The van der Waals surface area contributed by atoms with Gasteiger partial charge in [-0.05, 0) is 46.2 Å². The maximum absolute atomic E-state index is 12.1. The highest BCUT2D eigenvalue weighted by Gasteiger charge is 2.25. The SMILES string of the molecule is CN=C(NCc1ccccc1N1CCOCC1)NCC(C)(C)NC(=O)OC(C)(C)C.I. The molecule has 0 unspecified atom stereocenters. The summed E-state index contributed by atoms with van der Waals surface area (Å²) in [6.07, 6.45) is -0.434. The highest BCUT2D eigenvalue weighted by molar-refractivity contribution is 14.0. The zero-order chi connectivity index (χ0) is 22.2. The van der Waals surface area contributed by atoms with Crippen molar-refractivity contribution in [3.63, 3.8) is 0 Å². The molecule has 1 amide bonds. The second kappa shape index (κ2) is 12.3. The number of carbonyl (C=O) groups is 1. The van der Waals surface area contributed by atoms with Crippen molar-refractivity contribution in [3.05, 3.63) is 29.8 Å². The van der Waals surface area contributed by atoms with E-state index in [1.54, 1.807) is 7.05 Å². The molecule has 8 nitrogen and oxygen atoms in total. The van der Waals surface area contributed by atoms with E-state index in [2.05, 4.69) is 44.0 Å². The Morgan fingerprint density at radius 1 is 1.13 bits per heavy atom. The van der Waals surface area contributed by atoms with Gasteiger partial charge in [-0.15, -0.1) is 24.0 Å². The number of carbonyl (C=O) groups excluding carboxylic acids is 1. The van der Waals surface area contributed by atoms with E-state index in [-0.39, 0.29) is 24.0 Å². The van der Waals surface area contributed by atoms with Crippen LogP contribution in [0.4, 0.5) is 10.5 Å². The molecule has 0 bridgehead atoms. The van der Waals surface area contributed by atoms with Gasteiger partial charge in [-0.25, -0.2) is 4.79 Å². The number of para-hydroxylation sites is 1. The van der Waals surface area contributed by atoms with Crippen LogP contribution < -0.4 is 20.9 Å². The van der Waals surface area contributed by atoms with Crippen LogP contribution in [0.15, 0.2) is 29.3 Å². The fraction of sp³-hybridized carbons (Fsp3) is 0.636. The molecular formula is C22H38IN5O3. The van der Waals surface area contributed by atoms with Crippen LogP contribution in [-0.4, -0.2) is 63.1 Å². The average Bonchev–Trinajstić information content (AvgIpc) is 2.67. The predicted octanol–water partition coefficient (Wildman–Crippen LogP) is 3.11. The van der Waals surface area contributed by atoms with Crippen molar-refractivity contribution in [2.75, 3.05) is 44.8 Å². The number of guanidine groups is 1. The molecule has 0 aromatic heterocycles. The standard InChI is InChI=1S/C22H37N5O3.HI/c1-21(2,3)30-20(28)26-22(4,5)16-25-19(23-6)24-15-17-9-7-8-10-18(17)27-11-13-29-14-12-27;/h7-10H,11-16H2,1-6H3,(H,26,28)(H2,23,24,25);1H. The molecule has 1 aliphatic heterocycles. The van der Waals surface area contributed by atoms with Crippen molar-refractivity contribution in [2.45, 2.75) is 52.3 Å². The second-order valence-corrected chi connectivity index (χ2v) is 9.02. The quantitative estimate of drug-likeness (QED) is 0.288. The lowest BCUT2D eigenvalue weighted by Crippen LogP contribution is -2.54. The molecule has 1 saturated heterocycles. The van der Waals surface area contributed by atoms with E-state index in [9.17, 15) is 4.79 Å². The number of morpholine rings is 1. The first-order valence-corrected chi connectivity index (χ1v) is 10.5. The Bertz CT molecular complexity index is 728. The van der Waals surface area contributed by atoms with Crippen LogP contribution in [0.25, 0.3) is 0 Å². The maximum Gasteiger partial charge on any atom is 0.408 e. The number of amides is 1. The molecule has 1 heterocycles. The number of hydrogen-bond acceptors (Lipinski definition) is 5. The van der Waals surface area contributed by atoms with Gasteiger partial charge in [0.25, 0.3) is 0 Å². The third-order valence-electron chi connectivity index (χ3n) is 4.55. The van der Waals surface area contributed by atoms with Crippen molar-refractivity contribution < 1.29 is 14.3 Å². The lowest BCUT2D eigenvalue weighted by atomic mass is 10.1. The molecule has 1 fully saturated rings. The lowest BCUT2D eigenvalue weighted by Gasteiger charge is -2.31. The van der Waals surface area contributed by atoms with Crippen molar-refractivity contribution >= 4 is 41.7 Å². The highest BCUT2D eigenvalue weighted by atomic mass is 127. The Kier molecular flexibility index (Phi) is 10.9. The predicted molar refractivity (Wildman–Crippen MR) is 137 cm³/mol. The molecule has 1 aromatic rings. The topological polar surface area (TPSA) is 87.2 Å². The van der Waals surface area contributed by atoms with Crippen LogP contribution in [0.2, 0.25) is 0 Å². The van der Waals surface area contributed by atoms with Crippen molar-refractivity contribution in [1.29, 1.82) is 0 Å². The van der Waals surface area contributed by atoms with Gasteiger partial charge in [0.2, 0.25) is 0 Å². The summed E-state index contributed by atoms with van der Waals surface area (Å²) in [5.74, 6) is 0.672. The molecule has 2 rings (SSSR count). The molecular weight excluding hydrogens is 509 g/mol. The van der Waals surface area contributed by atoms with Crippen molar-refractivity contribution in [3.8, 4) is 0 Å². The molecule has 0 spiro atoms. The Morgan fingerprint density at radius 2 is 1.77 bits per heavy atom. The molecule has 176 valence electrons. The largest absolute Gasteiger partial charge is 0.444 e. The first-order valence-electron chi connectivity index (χ1n) is 10.5. The number of hydrogen-bond donors (Lipinski definition) is 3. The minimum Gasteiger partial charge on any atom is -0.444 e. The van der Waals surface area contributed by atoms with E-state index in [1.807, 2.05) is 40.7 Å². The van der Waals surface area contributed by atoms with Crippen LogP contribution in [0, 0.1) is 0 Å². The van der Waals surface area contributed by atoms with Crippen LogP contribution >= 0.6 is 24.0 Å². The molecule has 1 aromatic carbocycles. The molecule has 0 aliphatic carbocycles. The zero-order valence-electron chi connectivity index (χ0n) is 19.6. The Balaban J connectivity index is 0.00000480. The minimum atomic E-state index is -0.529. The van der Waals surface area contributed by atoms with Gasteiger partial charge in [-0.2, -0.15) is 0 Å². The molecule has 0 radical (unpaired) electrons. The van der Waals surface area contributed by atoms with E-state index in [0.29, 0.717) is 19.0 Å². The van der Waals surface area contributed by atoms with Gasteiger partial charge in [0, 0.05) is 38.9 Å². The number of nitrogens with one attached hydrogen (secondary N) is 3. The number of anilines is 1. The summed E-state index contributed by atoms with van der Waals surface area (Å²) in [4.78, 5) is 18.7. The van der Waals surface area contributed by atoms with Gasteiger partial charge in [0.15, 0.2) is 5.96 Å². The highest BCUT2D eigenvalue weighted by Crippen LogP contribution is 2.21. The van der Waals surface area contributed by atoms with Gasteiger partial charge < -0.3 is 30.3 Å². The van der Waals surface area contributed by atoms with Crippen molar-refractivity contribution in [2.24, 2.45) is 4.99 Å². The van der Waals surface area contributed by atoms with Crippen LogP contribution in [0.3, 0.4) is 0 Å². The number of benzene rings is 1. The van der Waals surface area contributed by atoms with Crippen LogP contribution in [0.1, 0.15) is 40.2 Å². The summed E-state index contributed by atoms with van der Waals surface area (Å²) >= 11 is 0. The normalized spacial score (nSPS) is 15.0.